The molecule has 3 rings (SSSR count). The van der Waals surface area contributed by atoms with Crippen LogP contribution in [0.15, 0.2) is 60.7 Å². The molecule has 1 saturated heterocycles. The van der Waals surface area contributed by atoms with Gasteiger partial charge >= 0.3 is 7.12 Å². The Morgan fingerprint density at radius 1 is 0.895 bits per heavy atom. The Bertz CT molecular complexity index is 467. The monoisotopic (exact) mass is 252 g/mol. The first-order valence-corrected chi connectivity index (χ1v) is 6.74. The van der Waals surface area contributed by atoms with E-state index in [1.54, 1.807) is 0 Å². The van der Waals surface area contributed by atoms with Crippen molar-refractivity contribution >= 4 is 12.6 Å². The predicted octanol–water partition coefficient (Wildman–Crippen LogP) is 2.95. The number of rotatable bonds is 2. The first-order chi connectivity index (χ1) is 9.33. The average molecular weight is 252 g/mol. The molecule has 0 saturated carbocycles. The number of hydrogen-bond donors (Lipinski definition) is 0. The van der Waals surface area contributed by atoms with Crippen molar-refractivity contribution in [3.8, 4) is 0 Å². The molecule has 2 aromatic carbocycles. The lowest BCUT2D eigenvalue weighted by atomic mass is 9.76. The summed E-state index contributed by atoms with van der Waals surface area (Å²) in [6.07, 6.45) is 1.20. The van der Waals surface area contributed by atoms with Gasteiger partial charge in [0, 0.05) is 12.5 Å². The highest BCUT2D eigenvalue weighted by atomic mass is 16.6. The van der Waals surface area contributed by atoms with E-state index in [2.05, 4.69) is 31.2 Å². The fourth-order valence-corrected chi connectivity index (χ4v) is 2.45. The molecule has 0 radical (unpaired) electrons. The highest BCUT2D eigenvalue weighted by molar-refractivity contribution is 6.61. The molecule has 0 unspecified atom stereocenters. The van der Waals surface area contributed by atoms with Crippen molar-refractivity contribution in [3.05, 3.63) is 66.2 Å². The average Bonchev–Trinajstić information content (AvgIpc) is 2.48. The van der Waals surface area contributed by atoms with Crippen molar-refractivity contribution in [2.45, 2.75) is 25.6 Å². The molecule has 2 nitrogen and oxygen atoms in total. The summed E-state index contributed by atoms with van der Waals surface area (Å²) in [6.45, 7) is 2.11. The summed E-state index contributed by atoms with van der Waals surface area (Å²) in [5.74, 6) is 0. The molecule has 1 heterocycles. The molecule has 0 bridgehead atoms. The van der Waals surface area contributed by atoms with Crippen LogP contribution in [0.1, 0.15) is 25.0 Å². The van der Waals surface area contributed by atoms with Crippen molar-refractivity contribution in [2.24, 2.45) is 0 Å². The molecular weight excluding hydrogens is 235 g/mol. The minimum Gasteiger partial charge on any atom is -0.405 e. The van der Waals surface area contributed by atoms with Crippen molar-refractivity contribution in [3.63, 3.8) is 0 Å². The summed E-state index contributed by atoms with van der Waals surface area (Å²) in [5, 5.41) is 0. The van der Waals surface area contributed by atoms with Gasteiger partial charge in [-0.1, -0.05) is 60.7 Å². The minimum absolute atomic E-state index is 0.107. The fourth-order valence-electron chi connectivity index (χ4n) is 2.45. The van der Waals surface area contributed by atoms with Crippen LogP contribution in [0, 0.1) is 0 Å². The van der Waals surface area contributed by atoms with Gasteiger partial charge in [-0.15, -0.1) is 0 Å². The van der Waals surface area contributed by atoms with E-state index in [-0.39, 0.29) is 19.3 Å². The van der Waals surface area contributed by atoms with Crippen LogP contribution < -0.4 is 5.46 Å². The van der Waals surface area contributed by atoms with Crippen LogP contribution in [0.4, 0.5) is 0 Å². The van der Waals surface area contributed by atoms with E-state index in [0.717, 1.165) is 11.9 Å². The summed E-state index contributed by atoms with van der Waals surface area (Å²) in [6, 6.07) is 20.5. The summed E-state index contributed by atoms with van der Waals surface area (Å²) < 4.78 is 12.0. The molecular formula is C16H17BO2. The van der Waals surface area contributed by atoms with Crippen LogP contribution in [0.25, 0.3) is 0 Å². The third-order valence-electron chi connectivity index (χ3n) is 3.43. The maximum atomic E-state index is 6.11. The molecule has 0 aromatic heterocycles. The lowest BCUT2D eigenvalue weighted by Crippen LogP contribution is -2.44. The van der Waals surface area contributed by atoms with Crippen LogP contribution in [0.5, 0.6) is 0 Å². The molecule has 0 spiro atoms. The lowest BCUT2D eigenvalue weighted by Gasteiger charge is -2.33. The summed E-state index contributed by atoms with van der Waals surface area (Å²) in [7, 11) is -0.268. The Hall–Kier alpha value is -1.58. The molecule has 0 aliphatic carbocycles. The highest BCUT2D eigenvalue weighted by Crippen LogP contribution is 2.29. The van der Waals surface area contributed by atoms with E-state index in [1.807, 2.05) is 36.4 Å². The molecule has 96 valence electrons. The number of hydrogen-bond acceptors (Lipinski definition) is 2. The smallest absolute Gasteiger partial charge is 0.405 e. The van der Waals surface area contributed by atoms with Gasteiger partial charge in [0.05, 0.1) is 6.10 Å². The second-order valence-corrected chi connectivity index (χ2v) is 4.96. The van der Waals surface area contributed by atoms with Gasteiger partial charge in [0.25, 0.3) is 0 Å². The largest absolute Gasteiger partial charge is 0.494 e. The van der Waals surface area contributed by atoms with Gasteiger partial charge in [-0.3, -0.25) is 0 Å². The van der Waals surface area contributed by atoms with Gasteiger partial charge in [0.15, 0.2) is 0 Å². The lowest BCUT2D eigenvalue weighted by molar-refractivity contribution is 0.0303. The SMILES string of the molecule is C[C@@H]1C[C@H](c2ccccc2)OB(c2ccccc2)O1. The summed E-state index contributed by atoms with van der Waals surface area (Å²) >= 11 is 0. The molecule has 19 heavy (non-hydrogen) atoms. The van der Waals surface area contributed by atoms with Crippen molar-refractivity contribution < 1.29 is 9.31 Å². The zero-order valence-electron chi connectivity index (χ0n) is 11.0. The summed E-state index contributed by atoms with van der Waals surface area (Å²) in [5.41, 5.74) is 2.30. The minimum atomic E-state index is -0.268. The second kappa shape index (κ2) is 5.60. The first kappa shape index (κ1) is 12.5. The van der Waals surface area contributed by atoms with E-state index in [9.17, 15) is 0 Å². The van der Waals surface area contributed by atoms with Crippen molar-refractivity contribution in [1.29, 1.82) is 0 Å². The Balaban J connectivity index is 1.82. The van der Waals surface area contributed by atoms with Gasteiger partial charge in [-0.25, -0.2) is 0 Å². The molecule has 0 N–H and O–H groups in total. The van der Waals surface area contributed by atoms with Gasteiger partial charge in [0.2, 0.25) is 0 Å². The molecule has 1 aliphatic rings. The van der Waals surface area contributed by atoms with Gasteiger partial charge in [-0.2, -0.15) is 0 Å². The van der Waals surface area contributed by atoms with E-state index < -0.39 is 0 Å². The first-order valence-electron chi connectivity index (χ1n) is 6.74. The zero-order chi connectivity index (χ0) is 13.1. The van der Waals surface area contributed by atoms with Gasteiger partial charge in [0.1, 0.15) is 0 Å². The maximum absolute atomic E-state index is 6.11. The van der Waals surface area contributed by atoms with Crippen LogP contribution in [0.3, 0.4) is 0 Å². The number of benzene rings is 2. The molecule has 0 amide bonds. The Kier molecular flexibility index (Phi) is 3.67. The molecule has 1 fully saturated rings. The fraction of sp³-hybridized carbons (Fsp3) is 0.250. The summed E-state index contributed by atoms with van der Waals surface area (Å²) in [4.78, 5) is 0. The van der Waals surface area contributed by atoms with Crippen molar-refractivity contribution in [1.82, 2.24) is 0 Å². The van der Waals surface area contributed by atoms with E-state index in [4.69, 9.17) is 9.31 Å². The third-order valence-corrected chi connectivity index (χ3v) is 3.43. The van der Waals surface area contributed by atoms with Gasteiger partial charge in [-0.05, 0) is 17.9 Å². The molecule has 2 atom stereocenters. The van der Waals surface area contributed by atoms with E-state index in [1.165, 1.54) is 5.56 Å². The zero-order valence-corrected chi connectivity index (χ0v) is 11.0. The molecule has 3 heteroatoms. The maximum Gasteiger partial charge on any atom is 0.494 e. The molecule has 2 aromatic rings. The predicted molar refractivity (Wildman–Crippen MR) is 77.3 cm³/mol. The van der Waals surface area contributed by atoms with Crippen LogP contribution in [-0.4, -0.2) is 13.2 Å². The van der Waals surface area contributed by atoms with Gasteiger partial charge < -0.3 is 9.31 Å². The van der Waals surface area contributed by atoms with Crippen LogP contribution >= 0.6 is 0 Å². The van der Waals surface area contributed by atoms with E-state index in [0.29, 0.717) is 0 Å². The quantitative estimate of drug-likeness (QED) is 0.765. The Morgan fingerprint density at radius 2 is 1.53 bits per heavy atom. The van der Waals surface area contributed by atoms with Crippen LogP contribution in [0.2, 0.25) is 0 Å². The van der Waals surface area contributed by atoms with Crippen molar-refractivity contribution in [2.75, 3.05) is 0 Å². The standard InChI is InChI=1S/C16H17BO2/c1-13-12-16(14-8-4-2-5-9-14)19-17(18-13)15-10-6-3-7-11-15/h2-11,13,16H,12H2,1H3/t13-,16-/m1/s1. The second-order valence-electron chi connectivity index (χ2n) is 4.96. The Labute approximate surface area is 114 Å². The highest BCUT2D eigenvalue weighted by Gasteiger charge is 2.34. The van der Waals surface area contributed by atoms with Crippen LogP contribution in [-0.2, 0) is 9.31 Å². The normalized spacial score (nSPS) is 23.3. The van der Waals surface area contributed by atoms with E-state index >= 15 is 0 Å². The third kappa shape index (κ3) is 2.88. The molecule has 1 aliphatic heterocycles. The Morgan fingerprint density at radius 3 is 2.21 bits per heavy atom. The topological polar surface area (TPSA) is 18.5 Å².